The van der Waals surface area contributed by atoms with Crippen LogP contribution in [0.25, 0.3) is 0 Å². The van der Waals surface area contributed by atoms with E-state index in [0.717, 1.165) is 25.5 Å². The Morgan fingerprint density at radius 1 is 1.12 bits per heavy atom. The minimum Gasteiger partial charge on any atom is -0.453 e. The van der Waals surface area contributed by atoms with E-state index in [2.05, 4.69) is 40.9 Å². The topological polar surface area (TPSA) is 137 Å². The van der Waals surface area contributed by atoms with Crippen LogP contribution in [0.5, 0.6) is 0 Å². The number of amides is 2. The second kappa shape index (κ2) is 11.2. The second-order valence-corrected chi connectivity index (χ2v) is 7.46. The molecule has 0 spiro atoms. The van der Waals surface area contributed by atoms with Crippen LogP contribution in [0.1, 0.15) is 47.2 Å². The van der Waals surface area contributed by atoms with Gasteiger partial charge in [0.1, 0.15) is 0 Å². The lowest BCUT2D eigenvalue weighted by atomic mass is 10.1. The van der Waals surface area contributed by atoms with E-state index in [1.165, 1.54) is 31.6 Å². The number of aryl methyl sites for hydroxylation is 2. The monoisotopic (exact) mass is 474 g/mol. The number of hydrogen-bond donors (Lipinski definition) is 2. The molecule has 3 rings (SSSR count). The standard InChI is InChI=1S/C21H24F2N8O3/c1-21(22,23)14-8-9-24-16(11-14)12-25-19(32)17-13-31(30-28-17)10-4-3-5-15-6-7-18(29-27-15)26-20(33)34-2/h6-9,11,13H,3-5,10,12H2,1-2H3,(H,25,32)(H,26,29,33). The molecule has 0 saturated heterocycles. The fraction of sp³-hybridized carbons (Fsp3) is 0.381. The number of methoxy groups -OCH3 is 1. The van der Waals surface area contributed by atoms with Crippen LogP contribution in [-0.4, -0.2) is 49.3 Å². The molecule has 3 aromatic heterocycles. The van der Waals surface area contributed by atoms with Gasteiger partial charge >= 0.3 is 6.09 Å². The fourth-order valence-electron chi connectivity index (χ4n) is 2.92. The van der Waals surface area contributed by atoms with Crippen molar-refractivity contribution in [2.24, 2.45) is 0 Å². The Hall–Kier alpha value is -4.03. The molecule has 0 unspecified atom stereocenters. The summed E-state index contributed by atoms with van der Waals surface area (Å²) in [4.78, 5) is 27.4. The predicted octanol–water partition coefficient (Wildman–Crippen LogP) is 2.71. The summed E-state index contributed by atoms with van der Waals surface area (Å²) in [7, 11) is 1.26. The molecule has 34 heavy (non-hydrogen) atoms. The maximum absolute atomic E-state index is 13.4. The summed E-state index contributed by atoms with van der Waals surface area (Å²) in [5.74, 6) is -3.16. The van der Waals surface area contributed by atoms with Crippen molar-refractivity contribution in [3.8, 4) is 0 Å². The largest absolute Gasteiger partial charge is 0.453 e. The van der Waals surface area contributed by atoms with E-state index in [1.54, 1.807) is 16.8 Å². The lowest BCUT2D eigenvalue weighted by molar-refractivity contribution is 0.0173. The van der Waals surface area contributed by atoms with E-state index in [4.69, 9.17) is 0 Å². The molecule has 3 heterocycles. The molecular formula is C21H24F2N8O3. The first-order valence-electron chi connectivity index (χ1n) is 10.4. The average molecular weight is 474 g/mol. The number of rotatable bonds is 10. The average Bonchev–Trinajstić information content (AvgIpc) is 3.30. The third-order valence-corrected chi connectivity index (χ3v) is 4.73. The number of unbranched alkanes of at least 4 members (excludes halogenated alkanes) is 1. The smallest absolute Gasteiger partial charge is 0.412 e. The molecule has 2 amide bonds. The number of anilines is 1. The summed E-state index contributed by atoms with van der Waals surface area (Å²) in [5.41, 5.74) is 1.04. The summed E-state index contributed by atoms with van der Waals surface area (Å²) in [6.07, 6.45) is 4.42. The Bertz CT molecular complexity index is 1120. The van der Waals surface area contributed by atoms with Gasteiger partial charge < -0.3 is 10.1 Å². The van der Waals surface area contributed by atoms with Crippen LogP contribution in [0.15, 0.2) is 36.7 Å². The van der Waals surface area contributed by atoms with Crippen molar-refractivity contribution in [2.75, 3.05) is 12.4 Å². The first kappa shape index (κ1) is 24.6. The van der Waals surface area contributed by atoms with Gasteiger partial charge in [0.2, 0.25) is 0 Å². The van der Waals surface area contributed by atoms with Gasteiger partial charge in [0.15, 0.2) is 11.5 Å². The highest BCUT2D eigenvalue weighted by atomic mass is 19.3. The van der Waals surface area contributed by atoms with Crippen molar-refractivity contribution in [1.29, 1.82) is 0 Å². The summed E-state index contributed by atoms with van der Waals surface area (Å²) >= 11 is 0. The van der Waals surface area contributed by atoms with E-state index >= 15 is 0 Å². The normalized spacial score (nSPS) is 11.2. The zero-order chi connectivity index (χ0) is 24.6. The molecule has 0 aliphatic carbocycles. The van der Waals surface area contributed by atoms with Gasteiger partial charge in [0.25, 0.3) is 11.8 Å². The molecule has 0 aliphatic heterocycles. The Balaban J connectivity index is 1.41. The number of nitrogens with zero attached hydrogens (tertiary/aromatic N) is 6. The molecule has 0 radical (unpaired) electrons. The van der Waals surface area contributed by atoms with Gasteiger partial charge in [-0.1, -0.05) is 5.21 Å². The Labute approximate surface area is 193 Å². The Morgan fingerprint density at radius 3 is 2.65 bits per heavy atom. The first-order chi connectivity index (χ1) is 16.2. The molecule has 0 aromatic carbocycles. The number of carbonyl (C=O) groups is 2. The van der Waals surface area contributed by atoms with Crippen LogP contribution < -0.4 is 10.6 Å². The summed E-state index contributed by atoms with van der Waals surface area (Å²) in [6, 6.07) is 5.90. The highest BCUT2D eigenvalue weighted by Gasteiger charge is 2.24. The fourth-order valence-corrected chi connectivity index (χ4v) is 2.92. The van der Waals surface area contributed by atoms with Gasteiger partial charge in [-0.3, -0.25) is 19.8 Å². The van der Waals surface area contributed by atoms with Gasteiger partial charge in [-0.05, 0) is 43.5 Å². The number of ether oxygens (including phenoxy) is 1. The van der Waals surface area contributed by atoms with Crippen LogP contribution in [0, 0.1) is 0 Å². The molecule has 3 aromatic rings. The summed E-state index contributed by atoms with van der Waals surface area (Å²) < 4.78 is 32.9. The molecule has 13 heteroatoms. The van der Waals surface area contributed by atoms with Crippen molar-refractivity contribution in [3.63, 3.8) is 0 Å². The van der Waals surface area contributed by atoms with Gasteiger partial charge in [-0.15, -0.1) is 10.2 Å². The van der Waals surface area contributed by atoms with Crippen LogP contribution >= 0.6 is 0 Å². The zero-order valence-electron chi connectivity index (χ0n) is 18.7. The van der Waals surface area contributed by atoms with Gasteiger partial charge in [0.05, 0.1) is 31.2 Å². The summed E-state index contributed by atoms with van der Waals surface area (Å²) in [6.45, 7) is 1.34. The molecule has 0 saturated carbocycles. The third-order valence-electron chi connectivity index (χ3n) is 4.73. The number of alkyl halides is 2. The summed E-state index contributed by atoms with van der Waals surface area (Å²) in [5, 5.41) is 20.8. The molecule has 0 bridgehead atoms. The minimum atomic E-state index is -2.98. The number of hydrogen-bond acceptors (Lipinski definition) is 8. The molecule has 0 aliphatic rings. The first-order valence-corrected chi connectivity index (χ1v) is 10.4. The molecule has 11 nitrogen and oxygen atoms in total. The molecule has 0 atom stereocenters. The van der Waals surface area contributed by atoms with E-state index in [0.29, 0.717) is 24.5 Å². The van der Waals surface area contributed by atoms with Gasteiger partial charge in [0, 0.05) is 25.2 Å². The zero-order valence-corrected chi connectivity index (χ0v) is 18.7. The van der Waals surface area contributed by atoms with Crippen molar-refractivity contribution < 1.29 is 23.1 Å². The lowest BCUT2D eigenvalue weighted by Gasteiger charge is -2.11. The van der Waals surface area contributed by atoms with Crippen molar-refractivity contribution >= 4 is 17.8 Å². The molecular weight excluding hydrogens is 450 g/mol. The van der Waals surface area contributed by atoms with Crippen molar-refractivity contribution in [2.45, 2.75) is 45.2 Å². The third kappa shape index (κ3) is 7.25. The number of halogens is 2. The number of carbonyl (C=O) groups excluding carboxylic acids is 2. The lowest BCUT2D eigenvalue weighted by Crippen LogP contribution is -2.24. The van der Waals surface area contributed by atoms with Crippen molar-refractivity contribution in [1.82, 2.24) is 35.5 Å². The quantitative estimate of drug-likeness (QED) is 0.428. The van der Waals surface area contributed by atoms with Crippen LogP contribution in [0.2, 0.25) is 0 Å². The van der Waals surface area contributed by atoms with Crippen LogP contribution in [-0.2, 0) is 30.2 Å². The number of aromatic nitrogens is 6. The van der Waals surface area contributed by atoms with Crippen LogP contribution in [0.3, 0.4) is 0 Å². The maximum Gasteiger partial charge on any atom is 0.412 e. The molecule has 180 valence electrons. The molecule has 2 N–H and O–H groups in total. The maximum atomic E-state index is 13.4. The molecule has 0 fully saturated rings. The predicted molar refractivity (Wildman–Crippen MR) is 116 cm³/mol. The van der Waals surface area contributed by atoms with E-state index in [9.17, 15) is 18.4 Å². The highest BCUT2D eigenvalue weighted by molar-refractivity contribution is 5.91. The van der Waals surface area contributed by atoms with Gasteiger partial charge in [-0.25, -0.2) is 13.6 Å². The number of nitrogens with one attached hydrogen (secondary N) is 2. The van der Waals surface area contributed by atoms with Crippen LogP contribution in [0.4, 0.5) is 19.4 Å². The van der Waals surface area contributed by atoms with E-state index < -0.39 is 17.9 Å². The van der Waals surface area contributed by atoms with E-state index in [1.807, 2.05) is 0 Å². The Morgan fingerprint density at radius 2 is 1.94 bits per heavy atom. The number of pyridine rings is 1. The van der Waals surface area contributed by atoms with Crippen molar-refractivity contribution in [3.05, 3.63) is 59.3 Å². The van der Waals surface area contributed by atoms with Gasteiger partial charge in [-0.2, -0.15) is 5.10 Å². The SMILES string of the molecule is COC(=O)Nc1ccc(CCCCn2cc(C(=O)NCc3cc(C(C)(F)F)ccn3)nn2)nn1. The second-order valence-electron chi connectivity index (χ2n) is 7.46. The Kier molecular flexibility index (Phi) is 8.11. The highest BCUT2D eigenvalue weighted by Crippen LogP contribution is 2.26. The minimum absolute atomic E-state index is 0.00934. The van der Waals surface area contributed by atoms with E-state index in [-0.39, 0.29) is 17.8 Å².